The van der Waals surface area contributed by atoms with E-state index in [0.717, 1.165) is 56.0 Å². The summed E-state index contributed by atoms with van der Waals surface area (Å²) in [6.45, 7) is 4.43. The van der Waals surface area contributed by atoms with Gasteiger partial charge >= 0.3 is 0 Å². The molecule has 2 saturated heterocycles. The summed E-state index contributed by atoms with van der Waals surface area (Å²) in [4.78, 5) is 36.5. The van der Waals surface area contributed by atoms with Gasteiger partial charge in [-0.3, -0.25) is 14.5 Å². The van der Waals surface area contributed by atoms with Crippen LogP contribution in [0.3, 0.4) is 0 Å². The van der Waals surface area contributed by atoms with E-state index < -0.39 is 0 Å². The fourth-order valence-electron chi connectivity index (χ4n) is 4.57. The van der Waals surface area contributed by atoms with Gasteiger partial charge in [0, 0.05) is 56.8 Å². The number of hydrogen-bond donors (Lipinski definition) is 3. The quantitative estimate of drug-likeness (QED) is 0.562. The number of carbonyl (C=O) groups excluding carboxylic acids is 1. The van der Waals surface area contributed by atoms with Crippen molar-refractivity contribution < 1.29 is 4.79 Å². The smallest absolute Gasteiger partial charge is 0.271 e. The molecule has 0 radical (unpaired) electrons. The second kappa shape index (κ2) is 11.1. The molecule has 2 aliphatic heterocycles. The average Bonchev–Trinajstić information content (AvgIpc) is 2.86. The van der Waals surface area contributed by atoms with E-state index in [2.05, 4.69) is 25.5 Å². The van der Waals surface area contributed by atoms with Crippen molar-refractivity contribution in [3.8, 4) is 11.1 Å². The highest BCUT2D eigenvalue weighted by Gasteiger charge is 2.23. The summed E-state index contributed by atoms with van der Waals surface area (Å²) in [5, 5.41) is 6.41. The summed E-state index contributed by atoms with van der Waals surface area (Å²) in [5.74, 6) is 0.820. The minimum absolute atomic E-state index is 0.0415. The van der Waals surface area contributed by atoms with Crippen LogP contribution < -0.4 is 16.2 Å². The van der Waals surface area contributed by atoms with Gasteiger partial charge in [0.05, 0.1) is 0 Å². The number of hydrogen-bond acceptors (Lipinski definition) is 6. The highest BCUT2D eigenvalue weighted by Crippen LogP contribution is 2.23. The van der Waals surface area contributed by atoms with E-state index in [1.807, 2.05) is 36.2 Å². The molecule has 0 aromatic carbocycles. The van der Waals surface area contributed by atoms with Crippen molar-refractivity contribution >= 4 is 17.4 Å². The first-order valence-corrected chi connectivity index (χ1v) is 11.9. The molecule has 2 aromatic heterocycles. The number of piperidine rings is 2. The Kier molecular flexibility index (Phi) is 7.78. The first-order chi connectivity index (χ1) is 16.1. The van der Waals surface area contributed by atoms with Gasteiger partial charge in [0.1, 0.15) is 11.5 Å². The lowest BCUT2D eigenvalue weighted by molar-refractivity contribution is -0.127. The van der Waals surface area contributed by atoms with Gasteiger partial charge in [-0.05, 0) is 62.5 Å². The average molecular weight is 451 g/mol. The fraction of sp³-hybridized carbons (Fsp3) is 0.480. The van der Waals surface area contributed by atoms with Crippen LogP contribution in [0.2, 0.25) is 0 Å². The van der Waals surface area contributed by atoms with Gasteiger partial charge in [0.2, 0.25) is 5.91 Å². The van der Waals surface area contributed by atoms with Crippen LogP contribution >= 0.6 is 0 Å². The Morgan fingerprint density at radius 1 is 1.18 bits per heavy atom. The second-order valence-electron chi connectivity index (χ2n) is 8.84. The minimum Gasteiger partial charge on any atom is -0.376 e. The van der Waals surface area contributed by atoms with Crippen molar-refractivity contribution in [2.24, 2.45) is 0 Å². The van der Waals surface area contributed by atoms with Gasteiger partial charge < -0.3 is 20.5 Å². The lowest BCUT2D eigenvalue weighted by atomic mass is 10.0. The SMILES string of the molecule is CNc1cc(-c2c[nH]c(=O)c(NC3CCCN(C(=O)/C=C/CN4CCCCC4)C3)c2)ccn1. The van der Waals surface area contributed by atoms with Crippen LogP contribution in [0.4, 0.5) is 11.5 Å². The van der Waals surface area contributed by atoms with Gasteiger partial charge in [-0.15, -0.1) is 0 Å². The molecule has 1 unspecified atom stereocenters. The summed E-state index contributed by atoms with van der Waals surface area (Å²) in [6.07, 6.45) is 12.8. The third-order valence-corrected chi connectivity index (χ3v) is 6.42. The molecule has 1 atom stereocenters. The lowest BCUT2D eigenvalue weighted by Crippen LogP contribution is -2.45. The molecular weight excluding hydrogens is 416 g/mol. The molecule has 3 N–H and O–H groups in total. The molecule has 33 heavy (non-hydrogen) atoms. The van der Waals surface area contributed by atoms with Gasteiger partial charge in [-0.2, -0.15) is 0 Å². The van der Waals surface area contributed by atoms with Gasteiger partial charge in [-0.25, -0.2) is 4.98 Å². The van der Waals surface area contributed by atoms with E-state index in [-0.39, 0.29) is 17.5 Å². The number of H-pyrrole nitrogens is 1. The van der Waals surface area contributed by atoms with Crippen LogP contribution in [0.25, 0.3) is 11.1 Å². The highest BCUT2D eigenvalue weighted by atomic mass is 16.2. The maximum Gasteiger partial charge on any atom is 0.271 e. The summed E-state index contributed by atoms with van der Waals surface area (Å²) in [6, 6.07) is 5.76. The van der Waals surface area contributed by atoms with Gasteiger partial charge in [-0.1, -0.05) is 12.5 Å². The monoisotopic (exact) mass is 450 g/mol. The number of likely N-dealkylation sites (tertiary alicyclic amines) is 2. The normalized spacial score (nSPS) is 19.5. The molecule has 0 bridgehead atoms. The number of aromatic nitrogens is 2. The van der Waals surface area contributed by atoms with Crippen molar-refractivity contribution in [3.05, 3.63) is 53.1 Å². The Morgan fingerprint density at radius 3 is 2.85 bits per heavy atom. The van der Waals surface area contributed by atoms with Crippen LogP contribution in [-0.4, -0.2) is 71.5 Å². The highest BCUT2D eigenvalue weighted by molar-refractivity contribution is 5.87. The Balaban J connectivity index is 1.37. The zero-order chi connectivity index (χ0) is 23.0. The Morgan fingerprint density at radius 2 is 2.03 bits per heavy atom. The van der Waals surface area contributed by atoms with Crippen LogP contribution in [0.1, 0.15) is 32.1 Å². The van der Waals surface area contributed by atoms with Crippen molar-refractivity contribution in [1.29, 1.82) is 0 Å². The molecule has 8 heteroatoms. The number of nitrogens with one attached hydrogen (secondary N) is 3. The largest absolute Gasteiger partial charge is 0.376 e. The van der Waals surface area contributed by atoms with Gasteiger partial charge in [0.25, 0.3) is 5.56 Å². The Bertz CT molecular complexity index is 1030. The van der Waals surface area contributed by atoms with E-state index in [1.54, 1.807) is 18.5 Å². The molecule has 176 valence electrons. The molecule has 8 nitrogen and oxygen atoms in total. The van der Waals surface area contributed by atoms with Crippen LogP contribution in [0, 0.1) is 0 Å². The van der Waals surface area contributed by atoms with E-state index in [4.69, 9.17) is 0 Å². The minimum atomic E-state index is -0.161. The molecular formula is C25H34N6O2. The van der Waals surface area contributed by atoms with E-state index in [9.17, 15) is 9.59 Å². The molecule has 4 rings (SSSR count). The molecule has 0 aliphatic carbocycles. The first kappa shape index (κ1) is 23.0. The third kappa shape index (κ3) is 6.22. The molecule has 2 aromatic rings. The second-order valence-corrected chi connectivity index (χ2v) is 8.84. The Hall–Kier alpha value is -3.13. The molecule has 1 amide bonds. The van der Waals surface area contributed by atoms with Crippen molar-refractivity contribution in [2.45, 2.75) is 38.1 Å². The number of anilines is 2. The van der Waals surface area contributed by atoms with Crippen molar-refractivity contribution in [1.82, 2.24) is 19.8 Å². The lowest BCUT2D eigenvalue weighted by Gasteiger charge is -2.33. The standard InChI is InChI=1S/C25H34N6O2/c1-26-23-16-19(9-10-27-23)20-15-22(25(33)28-17-20)29-21-7-5-14-31(18-21)24(32)8-6-13-30-11-3-2-4-12-30/h6,8-10,15-17,21,29H,2-5,7,11-14,18H2,1H3,(H,26,27)(H,28,33)/b8-6+. The topological polar surface area (TPSA) is 93.4 Å². The maximum atomic E-state index is 12.7. The number of amides is 1. The van der Waals surface area contributed by atoms with E-state index in [0.29, 0.717) is 12.2 Å². The molecule has 2 fully saturated rings. The van der Waals surface area contributed by atoms with Crippen LogP contribution in [0.5, 0.6) is 0 Å². The van der Waals surface area contributed by atoms with Gasteiger partial charge in [0.15, 0.2) is 0 Å². The van der Waals surface area contributed by atoms with E-state index >= 15 is 0 Å². The molecule has 0 spiro atoms. The zero-order valence-electron chi connectivity index (χ0n) is 19.3. The first-order valence-electron chi connectivity index (χ1n) is 11.9. The molecule has 4 heterocycles. The summed E-state index contributed by atoms with van der Waals surface area (Å²) in [5.41, 5.74) is 2.23. The zero-order valence-corrected chi connectivity index (χ0v) is 19.3. The maximum absolute atomic E-state index is 12.7. The number of rotatable bonds is 7. The summed E-state index contributed by atoms with van der Waals surface area (Å²) < 4.78 is 0. The predicted octanol–water partition coefficient (Wildman–Crippen LogP) is 2.92. The fourth-order valence-corrected chi connectivity index (χ4v) is 4.57. The number of aromatic amines is 1. The summed E-state index contributed by atoms with van der Waals surface area (Å²) in [7, 11) is 1.82. The number of pyridine rings is 2. The van der Waals surface area contributed by atoms with Crippen molar-refractivity contribution in [2.75, 3.05) is 50.4 Å². The van der Waals surface area contributed by atoms with Crippen LogP contribution in [-0.2, 0) is 4.79 Å². The predicted molar refractivity (Wildman–Crippen MR) is 132 cm³/mol. The van der Waals surface area contributed by atoms with Crippen LogP contribution in [0.15, 0.2) is 47.5 Å². The van der Waals surface area contributed by atoms with Crippen molar-refractivity contribution in [3.63, 3.8) is 0 Å². The van der Waals surface area contributed by atoms with E-state index in [1.165, 1.54) is 19.3 Å². The summed E-state index contributed by atoms with van der Waals surface area (Å²) >= 11 is 0. The molecule has 2 aliphatic rings. The third-order valence-electron chi connectivity index (χ3n) is 6.42. The number of nitrogens with zero attached hydrogens (tertiary/aromatic N) is 3. The molecule has 0 saturated carbocycles. The Labute approximate surface area is 195 Å². The number of carbonyl (C=O) groups is 1.